The Kier molecular flexibility index (Phi) is 7.07. The summed E-state index contributed by atoms with van der Waals surface area (Å²) in [6, 6.07) is 15.7. The van der Waals surface area contributed by atoms with Gasteiger partial charge in [-0.25, -0.2) is 4.39 Å². The van der Waals surface area contributed by atoms with Crippen molar-refractivity contribution >= 4 is 5.91 Å². The van der Waals surface area contributed by atoms with E-state index in [2.05, 4.69) is 20.2 Å². The summed E-state index contributed by atoms with van der Waals surface area (Å²) in [5, 5.41) is 3.15. The maximum atomic E-state index is 14.5. The van der Waals surface area contributed by atoms with E-state index in [-0.39, 0.29) is 23.7 Å². The fourth-order valence-electron chi connectivity index (χ4n) is 4.24. The van der Waals surface area contributed by atoms with Crippen molar-refractivity contribution in [2.45, 2.75) is 25.4 Å². The minimum atomic E-state index is -0.267. The molecule has 0 aliphatic carbocycles. The number of pyridine rings is 2. The van der Waals surface area contributed by atoms with Crippen molar-refractivity contribution in [3.05, 3.63) is 89.8 Å². The lowest BCUT2D eigenvalue weighted by molar-refractivity contribution is 0.0869. The summed E-state index contributed by atoms with van der Waals surface area (Å²) in [7, 11) is 1.53. The standard InChI is InChI=1S/C25H27FN4O2/c1-32-20-11-10-18(21(26)15-20)16-30-14-6-7-19(17-30)24(22-8-2-4-12-27-22)29-25(31)23-9-3-5-13-28-23/h2-5,8-13,15,19,24H,6-7,14,16-17H2,1H3,(H,29,31)/t19-,24-/m0/s1. The number of nitrogens with one attached hydrogen (secondary N) is 1. The maximum absolute atomic E-state index is 14.5. The van der Waals surface area contributed by atoms with E-state index < -0.39 is 0 Å². The highest BCUT2D eigenvalue weighted by molar-refractivity contribution is 5.92. The number of amides is 1. The molecule has 0 bridgehead atoms. The quantitative estimate of drug-likeness (QED) is 0.609. The van der Waals surface area contributed by atoms with Crippen LogP contribution in [0, 0.1) is 11.7 Å². The lowest BCUT2D eigenvalue weighted by atomic mass is 9.88. The number of rotatable bonds is 7. The summed E-state index contributed by atoms with van der Waals surface area (Å²) < 4.78 is 19.6. The predicted molar refractivity (Wildman–Crippen MR) is 120 cm³/mol. The Morgan fingerprint density at radius 3 is 2.69 bits per heavy atom. The molecule has 1 N–H and O–H groups in total. The van der Waals surface area contributed by atoms with Gasteiger partial charge in [0.25, 0.3) is 5.91 Å². The van der Waals surface area contributed by atoms with Gasteiger partial charge in [0, 0.05) is 37.1 Å². The van der Waals surface area contributed by atoms with Gasteiger partial charge < -0.3 is 10.1 Å². The molecule has 0 radical (unpaired) electrons. The first kappa shape index (κ1) is 21.9. The fourth-order valence-corrected chi connectivity index (χ4v) is 4.24. The van der Waals surface area contributed by atoms with Crippen molar-refractivity contribution in [2.75, 3.05) is 20.2 Å². The molecule has 3 heterocycles. The fraction of sp³-hybridized carbons (Fsp3) is 0.320. The topological polar surface area (TPSA) is 67.3 Å². The zero-order valence-electron chi connectivity index (χ0n) is 18.1. The van der Waals surface area contributed by atoms with Gasteiger partial charge >= 0.3 is 0 Å². The first-order valence-corrected chi connectivity index (χ1v) is 10.8. The number of carbonyl (C=O) groups excluding carboxylic acids is 1. The molecule has 1 saturated heterocycles. The lowest BCUT2D eigenvalue weighted by Crippen LogP contribution is -2.43. The van der Waals surface area contributed by atoms with Crippen LogP contribution in [-0.2, 0) is 6.54 Å². The molecule has 1 amide bonds. The number of benzene rings is 1. The van der Waals surface area contributed by atoms with Gasteiger partial charge in [0.1, 0.15) is 17.3 Å². The van der Waals surface area contributed by atoms with Crippen molar-refractivity contribution in [3.8, 4) is 5.75 Å². The van der Waals surface area contributed by atoms with Crippen LogP contribution in [0.5, 0.6) is 5.75 Å². The summed E-state index contributed by atoms with van der Waals surface area (Å²) >= 11 is 0. The number of nitrogens with zero attached hydrogens (tertiary/aromatic N) is 3. The van der Waals surface area contributed by atoms with E-state index in [1.54, 1.807) is 42.7 Å². The number of hydrogen-bond acceptors (Lipinski definition) is 5. The normalized spacial score (nSPS) is 17.5. The minimum Gasteiger partial charge on any atom is -0.497 e. The molecule has 6 nitrogen and oxygen atoms in total. The van der Waals surface area contributed by atoms with Gasteiger partial charge in [-0.2, -0.15) is 0 Å². The smallest absolute Gasteiger partial charge is 0.270 e. The van der Waals surface area contributed by atoms with Gasteiger partial charge in [0.2, 0.25) is 0 Å². The highest BCUT2D eigenvalue weighted by Crippen LogP contribution is 2.30. The number of likely N-dealkylation sites (tertiary alicyclic amines) is 1. The SMILES string of the molecule is COc1ccc(CN2CCC[C@H]([C@H](NC(=O)c3ccccn3)c3ccccn3)C2)c(F)c1. The Morgan fingerprint density at radius 1 is 1.19 bits per heavy atom. The summed E-state index contributed by atoms with van der Waals surface area (Å²) in [5.41, 5.74) is 1.83. The van der Waals surface area contributed by atoms with Crippen molar-refractivity contribution in [1.29, 1.82) is 0 Å². The number of ether oxygens (including phenoxy) is 1. The molecule has 7 heteroatoms. The van der Waals surface area contributed by atoms with Crippen LogP contribution in [0.25, 0.3) is 0 Å². The Hall–Kier alpha value is -3.32. The van der Waals surface area contributed by atoms with E-state index in [0.29, 0.717) is 23.6 Å². The molecule has 4 rings (SSSR count). The number of methoxy groups -OCH3 is 1. The van der Waals surface area contributed by atoms with Gasteiger partial charge in [-0.05, 0) is 55.6 Å². The lowest BCUT2D eigenvalue weighted by Gasteiger charge is -2.37. The molecule has 2 aromatic heterocycles. The summed E-state index contributed by atoms with van der Waals surface area (Å²) in [6.07, 6.45) is 5.26. The second-order valence-electron chi connectivity index (χ2n) is 8.02. The number of piperidine rings is 1. The van der Waals surface area contributed by atoms with E-state index >= 15 is 0 Å². The molecular weight excluding hydrogens is 407 g/mol. The van der Waals surface area contributed by atoms with Crippen molar-refractivity contribution < 1.29 is 13.9 Å². The zero-order valence-corrected chi connectivity index (χ0v) is 18.1. The third-order valence-corrected chi connectivity index (χ3v) is 5.86. The molecule has 0 saturated carbocycles. The van der Waals surface area contributed by atoms with Gasteiger partial charge in [-0.1, -0.05) is 18.2 Å². The van der Waals surface area contributed by atoms with Crippen LogP contribution in [0.2, 0.25) is 0 Å². The molecule has 1 aromatic carbocycles. The molecule has 2 atom stereocenters. The third-order valence-electron chi connectivity index (χ3n) is 5.86. The molecule has 0 unspecified atom stereocenters. The largest absolute Gasteiger partial charge is 0.497 e. The second-order valence-corrected chi connectivity index (χ2v) is 8.02. The first-order chi connectivity index (χ1) is 15.6. The van der Waals surface area contributed by atoms with E-state index in [9.17, 15) is 9.18 Å². The van der Waals surface area contributed by atoms with Gasteiger partial charge in [-0.3, -0.25) is 19.7 Å². The van der Waals surface area contributed by atoms with Crippen LogP contribution in [0.3, 0.4) is 0 Å². The molecule has 0 spiro atoms. The second kappa shape index (κ2) is 10.3. The van der Waals surface area contributed by atoms with Crippen LogP contribution >= 0.6 is 0 Å². The highest BCUT2D eigenvalue weighted by atomic mass is 19.1. The van der Waals surface area contributed by atoms with E-state index in [4.69, 9.17) is 4.74 Å². The number of aromatic nitrogens is 2. The highest BCUT2D eigenvalue weighted by Gasteiger charge is 2.31. The van der Waals surface area contributed by atoms with Crippen LogP contribution in [-0.4, -0.2) is 41.0 Å². The van der Waals surface area contributed by atoms with E-state index in [0.717, 1.165) is 31.6 Å². The van der Waals surface area contributed by atoms with Crippen molar-refractivity contribution in [2.24, 2.45) is 5.92 Å². The molecular formula is C25H27FN4O2. The van der Waals surface area contributed by atoms with Crippen LogP contribution in [0.15, 0.2) is 67.0 Å². The van der Waals surface area contributed by atoms with Crippen LogP contribution in [0.4, 0.5) is 4.39 Å². The Labute approximate surface area is 187 Å². The van der Waals surface area contributed by atoms with E-state index in [1.165, 1.54) is 13.2 Å². The number of hydrogen-bond donors (Lipinski definition) is 1. The zero-order chi connectivity index (χ0) is 22.3. The van der Waals surface area contributed by atoms with Crippen molar-refractivity contribution in [3.63, 3.8) is 0 Å². The maximum Gasteiger partial charge on any atom is 0.270 e. The Morgan fingerprint density at radius 2 is 2.00 bits per heavy atom. The summed E-state index contributed by atoms with van der Waals surface area (Å²) in [6.45, 7) is 2.12. The van der Waals surface area contributed by atoms with E-state index in [1.807, 2.05) is 18.2 Å². The van der Waals surface area contributed by atoms with Gasteiger partial charge in [-0.15, -0.1) is 0 Å². The van der Waals surface area contributed by atoms with Crippen LogP contribution < -0.4 is 10.1 Å². The predicted octanol–water partition coefficient (Wildman–Crippen LogP) is 4.01. The minimum absolute atomic E-state index is 0.146. The molecule has 3 aromatic rings. The van der Waals surface area contributed by atoms with Crippen LogP contribution in [0.1, 0.15) is 40.6 Å². The average molecular weight is 435 g/mol. The average Bonchev–Trinajstić information content (AvgIpc) is 2.85. The summed E-state index contributed by atoms with van der Waals surface area (Å²) in [5.74, 6) is 0.165. The molecule has 1 aliphatic rings. The molecule has 32 heavy (non-hydrogen) atoms. The first-order valence-electron chi connectivity index (χ1n) is 10.8. The number of carbonyl (C=O) groups is 1. The van der Waals surface area contributed by atoms with Gasteiger partial charge in [0.05, 0.1) is 18.8 Å². The molecule has 1 aliphatic heterocycles. The molecule has 166 valence electrons. The Balaban J connectivity index is 1.51. The monoisotopic (exact) mass is 434 g/mol. The summed E-state index contributed by atoms with van der Waals surface area (Å²) in [4.78, 5) is 23.8. The third kappa shape index (κ3) is 5.29. The Bertz CT molecular complexity index is 1030. The molecule has 1 fully saturated rings. The number of halogens is 1. The van der Waals surface area contributed by atoms with Crippen molar-refractivity contribution in [1.82, 2.24) is 20.2 Å². The van der Waals surface area contributed by atoms with Gasteiger partial charge in [0.15, 0.2) is 0 Å².